The Morgan fingerprint density at radius 2 is 2.00 bits per heavy atom. The standard InChI is InChI=1S/C13H17NO3S/c1-2-8-18-9-11(15)14-12(13(16)17)10-6-4-3-5-7-10/h3-7,12H,2,8-9H2,1H3,(H,14,15)(H,16,17)/t12-/m0/s1. The number of nitrogens with one attached hydrogen (secondary N) is 1. The van der Waals surface area contributed by atoms with E-state index in [2.05, 4.69) is 5.32 Å². The Kier molecular flexibility index (Phi) is 6.28. The van der Waals surface area contributed by atoms with Crippen LogP contribution in [0.3, 0.4) is 0 Å². The maximum Gasteiger partial charge on any atom is 0.330 e. The first-order valence-corrected chi connectivity index (χ1v) is 6.95. The normalized spacial score (nSPS) is 11.8. The Balaban J connectivity index is 2.59. The maximum atomic E-state index is 11.6. The van der Waals surface area contributed by atoms with Crippen LogP contribution in [0.5, 0.6) is 0 Å². The van der Waals surface area contributed by atoms with Crippen molar-refractivity contribution in [1.29, 1.82) is 0 Å². The molecule has 0 aromatic heterocycles. The molecule has 1 rings (SSSR count). The molecule has 0 saturated carbocycles. The van der Waals surface area contributed by atoms with E-state index in [0.717, 1.165) is 12.2 Å². The summed E-state index contributed by atoms with van der Waals surface area (Å²) >= 11 is 1.51. The third kappa shape index (κ3) is 4.79. The number of hydrogen-bond donors (Lipinski definition) is 2. The first-order valence-electron chi connectivity index (χ1n) is 5.80. The maximum absolute atomic E-state index is 11.6. The van der Waals surface area contributed by atoms with E-state index in [1.807, 2.05) is 6.92 Å². The second-order valence-electron chi connectivity index (χ2n) is 3.80. The van der Waals surface area contributed by atoms with E-state index in [1.165, 1.54) is 11.8 Å². The fourth-order valence-corrected chi connectivity index (χ4v) is 2.15. The van der Waals surface area contributed by atoms with Crippen molar-refractivity contribution in [3.8, 4) is 0 Å². The quantitative estimate of drug-likeness (QED) is 0.742. The molecule has 1 amide bonds. The van der Waals surface area contributed by atoms with E-state index in [-0.39, 0.29) is 5.91 Å². The van der Waals surface area contributed by atoms with Crippen molar-refractivity contribution in [1.82, 2.24) is 5.32 Å². The predicted octanol–water partition coefficient (Wildman–Crippen LogP) is 2.07. The summed E-state index contributed by atoms with van der Waals surface area (Å²) in [6.45, 7) is 2.04. The zero-order chi connectivity index (χ0) is 13.4. The van der Waals surface area contributed by atoms with Crippen molar-refractivity contribution in [2.24, 2.45) is 0 Å². The average molecular weight is 267 g/mol. The molecule has 98 valence electrons. The average Bonchev–Trinajstić information content (AvgIpc) is 2.37. The second kappa shape index (κ2) is 7.76. The van der Waals surface area contributed by atoms with E-state index in [1.54, 1.807) is 30.3 Å². The minimum Gasteiger partial charge on any atom is -0.479 e. The minimum atomic E-state index is -1.05. The molecule has 5 heteroatoms. The molecule has 0 spiro atoms. The van der Waals surface area contributed by atoms with Crippen LogP contribution in [0.15, 0.2) is 30.3 Å². The highest BCUT2D eigenvalue weighted by Crippen LogP contribution is 2.13. The monoisotopic (exact) mass is 267 g/mol. The highest BCUT2D eigenvalue weighted by atomic mass is 32.2. The van der Waals surface area contributed by atoms with Crippen LogP contribution in [0, 0.1) is 0 Å². The second-order valence-corrected chi connectivity index (χ2v) is 4.91. The van der Waals surface area contributed by atoms with Gasteiger partial charge in [0.1, 0.15) is 0 Å². The summed E-state index contributed by atoms with van der Waals surface area (Å²) in [6, 6.07) is 7.73. The van der Waals surface area contributed by atoms with Gasteiger partial charge in [-0.25, -0.2) is 4.79 Å². The van der Waals surface area contributed by atoms with Gasteiger partial charge in [-0.1, -0.05) is 37.3 Å². The summed E-state index contributed by atoms with van der Waals surface area (Å²) in [5, 5.41) is 11.7. The van der Waals surface area contributed by atoms with Crippen molar-refractivity contribution in [2.75, 3.05) is 11.5 Å². The molecule has 0 aliphatic carbocycles. The van der Waals surface area contributed by atoms with Gasteiger partial charge < -0.3 is 10.4 Å². The van der Waals surface area contributed by atoms with Crippen LogP contribution in [-0.4, -0.2) is 28.5 Å². The summed E-state index contributed by atoms with van der Waals surface area (Å²) in [7, 11) is 0. The number of rotatable bonds is 7. The highest BCUT2D eigenvalue weighted by molar-refractivity contribution is 7.99. The zero-order valence-corrected chi connectivity index (χ0v) is 11.1. The first-order chi connectivity index (χ1) is 8.65. The Morgan fingerprint density at radius 3 is 2.56 bits per heavy atom. The molecule has 2 N–H and O–H groups in total. The number of amides is 1. The highest BCUT2D eigenvalue weighted by Gasteiger charge is 2.21. The SMILES string of the molecule is CCCSCC(=O)N[C@H](C(=O)O)c1ccccc1. The number of hydrogen-bond acceptors (Lipinski definition) is 3. The van der Waals surface area contributed by atoms with E-state index < -0.39 is 12.0 Å². The molecule has 0 aliphatic rings. The lowest BCUT2D eigenvalue weighted by atomic mass is 10.1. The van der Waals surface area contributed by atoms with E-state index >= 15 is 0 Å². The number of carbonyl (C=O) groups is 2. The van der Waals surface area contributed by atoms with Gasteiger partial charge in [0.15, 0.2) is 6.04 Å². The molecule has 0 unspecified atom stereocenters. The molecule has 1 aromatic carbocycles. The van der Waals surface area contributed by atoms with Gasteiger partial charge >= 0.3 is 5.97 Å². The van der Waals surface area contributed by atoms with Crippen LogP contribution in [0.4, 0.5) is 0 Å². The molecular formula is C13H17NO3S. The van der Waals surface area contributed by atoms with Gasteiger partial charge in [-0.2, -0.15) is 11.8 Å². The predicted molar refractivity (Wildman–Crippen MR) is 72.6 cm³/mol. The molecule has 0 fully saturated rings. The van der Waals surface area contributed by atoms with Crippen molar-refractivity contribution < 1.29 is 14.7 Å². The molecule has 4 nitrogen and oxygen atoms in total. The Labute approximate surface area is 111 Å². The third-order valence-corrected chi connectivity index (χ3v) is 3.43. The Hall–Kier alpha value is -1.49. The van der Waals surface area contributed by atoms with Crippen molar-refractivity contribution in [2.45, 2.75) is 19.4 Å². The van der Waals surface area contributed by atoms with Gasteiger partial charge in [-0.15, -0.1) is 0 Å². The van der Waals surface area contributed by atoms with Crippen LogP contribution in [0.25, 0.3) is 0 Å². The van der Waals surface area contributed by atoms with E-state index in [0.29, 0.717) is 11.3 Å². The van der Waals surface area contributed by atoms with Crippen LogP contribution in [0.2, 0.25) is 0 Å². The van der Waals surface area contributed by atoms with Gasteiger partial charge in [-0.05, 0) is 17.7 Å². The molecule has 18 heavy (non-hydrogen) atoms. The number of carbonyl (C=O) groups excluding carboxylic acids is 1. The number of benzene rings is 1. The molecule has 0 bridgehead atoms. The van der Waals surface area contributed by atoms with Gasteiger partial charge in [0, 0.05) is 0 Å². The molecule has 0 radical (unpaired) electrons. The molecule has 0 aliphatic heterocycles. The number of aliphatic carboxylic acids is 1. The largest absolute Gasteiger partial charge is 0.479 e. The topological polar surface area (TPSA) is 66.4 Å². The fourth-order valence-electron chi connectivity index (χ4n) is 1.44. The summed E-state index contributed by atoms with van der Waals surface area (Å²) in [5.41, 5.74) is 0.582. The first kappa shape index (κ1) is 14.6. The lowest BCUT2D eigenvalue weighted by Crippen LogP contribution is -2.34. The van der Waals surface area contributed by atoms with Gasteiger partial charge in [0.05, 0.1) is 5.75 Å². The van der Waals surface area contributed by atoms with Crippen LogP contribution in [-0.2, 0) is 9.59 Å². The number of carboxylic acid groups (broad SMARTS) is 1. The fraction of sp³-hybridized carbons (Fsp3) is 0.385. The van der Waals surface area contributed by atoms with E-state index in [4.69, 9.17) is 5.11 Å². The zero-order valence-electron chi connectivity index (χ0n) is 10.3. The number of thioether (sulfide) groups is 1. The molecular weight excluding hydrogens is 250 g/mol. The minimum absolute atomic E-state index is 0.246. The summed E-state index contributed by atoms with van der Waals surface area (Å²) in [6.07, 6.45) is 0.999. The molecule has 1 atom stereocenters. The lowest BCUT2D eigenvalue weighted by Gasteiger charge is -2.14. The van der Waals surface area contributed by atoms with Gasteiger partial charge in [-0.3, -0.25) is 4.79 Å². The van der Waals surface area contributed by atoms with Crippen LogP contribution >= 0.6 is 11.8 Å². The third-order valence-electron chi connectivity index (χ3n) is 2.27. The Morgan fingerprint density at radius 1 is 1.33 bits per heavy atom. The summed E-state index contributed by atoms with van der Waals surface area (Å²) < 4.78 is 0. The van der Waals surface area contributed by atoms with Crippen molar-refractivity contribution in [3.05, 3.63) is 35.9 Å². The molecule has 0 saturated heterocycles. The summed E-state index contributed by atoms with van der Waals surface area (Å²) in [4.78, 5) is 22.8. The molecule has 0 heterocycles. The molecule has 1 aromatic rings. The summed E-state index contributed by atoms with van der Waals surface area (Å²) in [5.74, 6) is -0.0965. The lowest BCUT2D eigenvalue weighted by molar-refractivity contribution is -0.141. The smallest absolute Gasteiger partial charge is 0.330 e. The number of carboxylic acids is 1. The van der Waals surface area contributed by atoms with Gasteiger partial charge in [0.2, 0.25) is 5.91 Å². The van der Waals surface area contributed by atoms with Crippen LogP contribution in [0.1, 0.15) is 24.9 Å². The Bertz CT molecular complexity index is 394. The van der Waals surface area contributed by atoms with Crippen molar-refractivity contribution in [3.63, 3.8) is 0 Å². The van der Waals surface area contributed by atoms with Gasteiger partial charge in [0.25, 0.3) is 0 Å². The van der Waals surface area contributed by atoms with Crippen LogP contribution < -0.4 is 5.32 Å². The van der Waals surface area contributed by atoms with E-state index in [9.17, 15) is 9.59 Å². The van der Waals surface area contributed by atoms with Crippen molar-refractivity contribution >= 4 is 23.6 Å².